The van der Waals surface area contributed by atoms with Crippen LogP contribution in [0.15, 0.2) is 22.7 Å². The molecule has 0 unspecified atom stereocenters. The molecule has 0 aromatic heterocycles. The molecule has 1 aliphatic rings. The van der Waals surface area contributed by atoms with Crippen LogP contribution in [0.2, 0.25) is 0 Å². The van der Waals surface area contributed by atoms with E-state index in [2.05, 4.69) is 58.2 Å². The number of anilines is 1. The maximum Gasteiger partial charge on any atom is 0.0510 e. The van der Waals surface area contributed by atoms with Gasteiger partial charge in [-0.15, -0.1) is 0 Å². The Morgan fingerprint density at radius 3 is 2.60 bits per heavy atom. The average molecular weight is 339 g/mol. The third kappa shape index (κ3) is 4.23. The van der Waals surface area contributed by atoms with E-state index in [1.54, 1.807) is 0 Å². The van der Waals surface area contributed by atoms with Gasteiger partial charge in [-0.3, -0.25) is 0 Å². The molecule has 1 N–H and O–H groups in total. The summed E-state index contributed by atoms with van der Waals surface area (Å²) >= 11 is 3.75. The van der Waals surface area contributed by atoms with Gasteiger partial charge in [0.25, 0.3) is 0 Å². The van der Waals surface area contributed by atoms with Crippen LogP contribution in [0.4, 0.5) is 5.69 Å². The molecule has 1 heterocycles. The molecule has 0 spiro atoms. The Kier molecular flexibility index (Phi) is 6.37. The molecular weight excluding hydrogens is 312 g/mol. The summed E-state index contributed by atoms with van der Waals surface area (Å²) in [4.78, 5) is 2.53. The molecule has 1 saturated heterocycles. The van der Waals surface area contributed by atoms with Gasteiger partial charge in [0.1, 0.15) is 0 Å². The van der Waals surface area contributed by atoms with Gasteiger partial charge in [0.05, 0.1) is 5.69 Å². The predicted octanol–water partition coefficient (Wildman–Crippen LogP) is 4.58. The first-order valence-electron chi connectivity index (χ1n) is 7.98. The number of piperidine rings is 1. The lowest BCUT2D eigenvalue weighted by Crippen LogP contribution is -2.33. The summed E-state index contributed by atoms with van der Waals surface area (Å²) in [6.07, 6.45) is 5.19. The minimum absolute atomic E-state index is 0.933. The predicted molar refractivity (Wildman–Crippen MR) is 91.4 cm³/mol. The Morgan fingerprint density at radius 1 is 1.25 bits per heavy atom. The molecule has 0 amide bonds. The van der Waals surface area contributed by atoms with Crippen molar-refractivity contribution in [2.24, 2.45) is 5.92 Å². The molecule has 0 atom stereocenters. The summed E-state index contributed by atoms with van der Waals surface area (Å²) in [5.74, 6) is 0.933. The van der Waals surface area contributed by atoms with Crippen molar-refractivity contribution >= 4 is 21.6 Å². The summed E-state index contributed by atoms with van der Waals surface area (Å²) < 4.78 is 1.24. The van der Waals surface area contributed by atoms with Crippen molar-refractivity contribution in [1.29, 1.82) is 0 Å². The van der Waals surface area contributed by atoms with Crippen LogP contribution in [0.1, 0.15) is 45.1 Å². The molecule has 2 rings (SSSR count). The van der Waals surface area contributed by atoms with Crippen LogP contribution >= 0.6 is 15.9 Å². The van der Waals surface area contributed by atoms with E-state index in [1.165, 1.54) is 54.5 Å². The number of halogens is 1. The van der Waals surface area contributed by atoms with E-state index >= 15 is 0 Å². The van der Waals surface area contributed by atoms with E-state index in [9.17, 15) is 0 Å². The zero-order valence-corrected chi connectivity index (χ0v) is 14.4. The van der Waals surface area contributed by atoms with Crippen LogP contribution in [-0.4, -0.2) is 19.6 Å². The van der Waals surface area contributed by atoms with Crippen molar-refractivity contribution in [3.63, 3.8) is 0 Å². The summed E-state index contributed by atoms with van der Waals surface area (Å²) in [7, 11) is 0. The van der Waals surface area contributed by atoms with E-state index < -0.39 is 0 Å². The molecule has 20 heavy (non-hydrogen) atoms. The fraction of sp³-hybridized carbons (Fsp3) is 0.647. The minimum Gasteiger partial charge on any atom is -0.371 e. The fourth-order valence-electron chi connectivity index (χ4n) is 2.91. The summed E-state index contributed by atoms with van der Waals surface area (Å²) in [6, 6.07) is 6.80. The van der Waals surface area contributed by atoms with Gasteiger partial charge in [0.2, 0.25) is 0 Å². The number of rotatable bonds is 6. The van der Waals surface area contributed by atoms with Crippen LogP contribution in [0.25, 0.3) is 0 Å². The van der Waals surface area contributed by atoms with Gasteiger partial charge in [-0.25, -0.2) is 0 Å². The Hall–Kier alpha value is -0.540. The first kappa shape index (κ1) is 15.8. The third-order valence-electron chi connectivity index (χ3n) is 4.30. The molecule has 0 aliphatic carbocycles. The lowest BCUT2D eigenvalue weighted by atomic mass is 9.94. The summed E-state index contributed by atoms with van der Waals surface area (Å²) in [5, 5.41) is 3.46. The Balaban J connectivity index is 1.95. The molecular formula is C17H27BrN2. The van der Waals surface area contributed by atoms with Gasteiger partial charge in [-0.2, -0.15) is 0 Å². The highest BCUT2D eigenvalue weighted by Crippen LogP contribution is 2.31. The standard InChI is InChI=1S/C17H27BrN2/c1-3-9-19-13-15-5-6-17(16(18)12-15)20-10-7-14(4-2)8-11-20/h5-6,12,14,19H,3-4,7-11,13H2,1-2H3. The maximum absolute atomic E-state index is 3.75. The van der Waals surface area contributed by atoms with E-state index in [0.29, 0.717) is 0 Å². The largest absolute Gasteiger partial charge is 0.371 e. The number of benzene rings is 1. The average Bonchev–Trinajstić information content (AvgIpc) is 2.48. The van der Waals surface area contributed by atoms with Gasteiger partial charge in [-0.1, -0.05) is 26.3 Å². The van der Waals surface area contributed by atoms with E-state index in [1.807, 2.05) is 0 Å². The van der Waals surface area contributed by atoms with Crippen molar-refractivity contribution < 1.29 is 0 Å². The highest BCUT2D eigenvalue weighted by molar-refractivity contribution is 9.10. The summed E-state index contributed by atoms with van der Waals surface area (Å²) in [5.41, 5.74) is 2.72. The molecule has 1 aliphatic heterocycles. The number of hydrogen-bond donors (Lipinski definition) is 1. The van der Waals surface area contributed by atoms with Crippen molar-refractivity contribution in [3.8, 4) is 0 Å². The molecule has 112 valence electrons. The Labute approximate surface area is 132 Å². The molecule has 3 heteroatoms. The molecule has 1 aromatic rings. The van der Waals surface area contributed by atoms with Crippen LogP contribution in [-0.2, 0) is 6.54 Å². The van der Waals surface area contributed by atoms with Crippen molar-refractivity contribution in [2.75, 3.05) is 24.5 Å². The highest BCUT2D eigenvalue weighted by atomic mass is 79.9. The van der Waals surface area contributed by atoms with Crippen LogP contribution in [0.3, 0.4) is 0 Å². The lowest BCUT2D eigenvalue weighted by Gasteiger charge is -2.34. The second kappa shape index (κ2) is 8.04. The first-order valence-corrected chi connectivity index (χ1v) is 8.78. The summed E-state index contributed by atoms with van der Waals surface area (Å²) in [6.45, 7) is 8.96. The molecule has 0 radical (unpaired) electrons. The quantitative estimate of drug-likeness (QED) is 0.764. The molecule has 2 nitrogen and oxygen atoms in total. The van der Waals surface area contributed by atoms with Crippen LogP contribution in [0, 0.1) is 5.92 Å². The molecule has 1 fully saturated rings. The van der Waals surface area contributed by atoms with E-state index in [4.69, 9.17) is 0 Å². The van der Waals surface area contributed by atoms with Gasteiger partial charge >= 0.3 is 0 Å². The Morgan fingerprint density at radius 2 is 2.00 bits per heavy atom. The zero-order chi connectivity index (χ0) is 14.4. The highest BCUT2D eigenvalue weighted by Gasteiger charge is 2.19. The number of nitrogens with one attached hydrogen (secondary N) is 1. The van der Waals surface area contributed by atoms with E-state index in [0.717, 1.165) is 19.0 Å². The van der Waals surface area contributed by atoms with Gasteiger partial charge in [0.15, 0.2) is 0 Å². The number of nitrogens with zero attached hydrogens (tertiary/aromatic N) is 1. The van der Waals surface area contributed by atoms with E-state index in [-0.39, 0.29) is 0 Å². The smallest absolute Gasteiger partial charge is 0.0510 e. The van der Waals surface area contributed by atoms with Crippen molar-refractivity contribution in [1.82, 2.24) is 5.32 Å². The van der Waals surface area contributed by atoms with Gasteiger partial charge < -0.3 is 10.2 Å². The lowest BCUT2D eigenvalue weighted by molar-refractivity contribution is 0.395. The third-order valence-corrected chi connectivity index (χ3v) is 4.94. The molecule has 0 saturated carbocycles. The first-order chi connectivity index (χ1) is 9.74. The fourth-order valence-corrected chi connectivity index (χ4v) is 3.59. The van der Waals surface area contributed by atoms with Crippen LogP contribution < -0.4 is 10.2 Å². The van der Waals surface area contributed by atoms with Crippen molar-refractivity contribution in [3.05, 3.63) is 28.2 Å². The Bertz CT molecular complexity index is 411. The normalized spacial score (nSPS) is 16.6. The van der Waals surface area contributed by atoms with Gasteiger partial charge in [-0.05, 0) is 65.4 Å². The van der Waals surface area contributed by atoms with Crippen LogP contribution in [0.5, 0.6) is 0 Å². The molecule has 1 aromatic carbocycles. The number of hydrogen-bond acceptors (Lipinski definition) is 2. The topological polar surface area (TPSA) is 15.3 Å². The second-order valence-corrected chi connectivity index (χ2v) is 6.66. The SMILES string of the molecule is CCCNCc1ccc(N2CCC(CC)CC2)c(Br)c1. The maximum atomic E-state index is 3.75. The van der Waals surface area contributed by atoms with Gasteiger partial charge in [0, 0.05) is 24.1 Å². The zero-order valence-electron chi connectivity index (χ0n) is 12.8. The van der Waals surface area contributed by atoms with Crippen molar-refractivity contribution in [2.45, 2.75) is 46.1 Å². The monoisotopic (exact) mass is 338 g/mol. The molecule has 0 bridgehead atoms. The second-order valence-electron chi connectivity index (χ2n) is 5.80. The minimum atomic E-state index is 0.933.